The van der Waals surface area contributed by atoms with Gasteiger partial charge >= 0.3 is 5.97 Å². The van der Waals surface area contributed by atoms with E-state index in [9.17, 15) is 10.1 Å². The van der Waals surface area contributed by atoms with E-state index in [1.165, 1.54) is 19.2 Å². The number of allylic oxidation sites excluding steroid dienone is 1. The largest absolute Gasteiger partial charge is 0.493 e. The molecule has 7 heteroatoms. The van der Waals surface area contributed by atoms with Crippen molar-refractivity contribution in [3.05, 3.63) is 92.4 Å². The summed E-state index contributed by atoms with van der Waals surface area (Å²) in [6, 6.07) is 19.4. The molecule has 0 aliphatic rings. The summed E-state index contributed by atoms with van der Waals surface area (Å²) in [4.78, 5) is 11.0. The summed E-state index contributed by atoms with van der Waals surface area (Å²) in [5.41, 5.74) is 2.73. The average Bonchev–Trinajstić information content (AvgIpc) is 2.77. The van der Waals surface area contributed by atoms with Crippen LogP contribution in [0.2, 0.25) is 5.02 Å². The number of ether oxygens (including phenoxy) is 2. The van der Waals surface area contributed by atoms with Gasteiger partial charge in [-0.25, -0.2) is 4.79 Å². The average molecular weight is 499 g/mol. The molecule has 0 aliphatic heterocycles. The highest BCUT2D eigenvalue weighted by atomic mass is 79.9. The number of benzene rings is 3. The highest BCUT2D eigenvalue weighted by Crippen LogP contribution is 2.38. The Kier molecular flexibility index (Phi) is 7.35. The third-order valence-electron chi connectivity index (χ3n) is 4.42. The van der Waals surface area contributed by atoms with E-state index in [0.29, 0.717) is 39.8 Å². The molecule has 0 saturated carbocycles. The Balaban J connectivity index is 1.87. The molecule has 0 fully saturated rings. The van der Waals surface area contributed by atoms with Crippen LogP contribution in [-0.2, 0) is 6.61 Å². The number of hydrogen-bond acceptors (Lipinski definition) is 4. The van der Waals surface area contributed by atoms with Gasteiger partial charge in [0.1, 0.15) is 6.61 Å². The summed E-state index contributed by atoms with van der Waals surface area (Å²) >= 11 is 9.84. The highest BCUT2D eigenvalue weighted by Gasteiger charge is 2.13. The lowest BCUT2D eigenvalue weighted by molar-refractivity contribution is 0.0697. The molecule has 5 nitrogen and oxygen atoms in total. The SMILES string of the molecule is COc1cc(/C=C(/C#N)c2ccc(C(=O)O)cc2)cc(Cl)c1OCc1ccc(Br)cc1. The number of rotatable bonds is 7. The number of aromatic carboxylic acids is 1. The van der Waals surface area contributed by atoms with Gasteiger partial charge < -0.3 is 14.6 Å². The molecule has 0 unspecified atom stereocenters. The summed E-state index contributed by atoms with van der Waals surface area (Å²) in [7, 11) is 1.52. The van der Waals surface area contributed by atoms with Crippen molar-refractivity contribution >= 4 is 45.1 Å². The van der Waals surface area contributed by atoms with Gasteiger partial charge in [-0.2, -0.15) is 5.26 Å². The fourth-order valence-electron chi connectivity index (χ4n) is 2.84. The first-order valence-electron chi connectivity index (χ1n) is 9.11. The molecule has 156 valence electrons. The van der Waals surface area contributed by atoms with Crippen molar-refractivity contribution in [2.24, 2.45) is 0 Å². The third-order valence-corrected chi connectivity index (χ3v) is 5.23. The van der Waals surface area contributed by atoms with Crippen molar-refractivity contribution in [3.8, 4) is 17.6 Å². The van der Waals surface area contributed by atoms with Gasteiger partial charge in [0.2, 0.25) is 0 Å². The number of nitriles is 1. The van der Waals surface area contributed by atoms with Crippen LogP contribution in [0.3, 0.4) is 0 Å². The second-order valence-electron chi connectivity index (χ2n) is 6.50. The Morgan fingerprint density at radius 2 is 1.77 bits per heavy atom. The van der Waals surface area contributed by atoms with Crippen LogP contribution >= 0.6 is 27.5 Å². The lowest BCUT2D eigenvalue weighted by Crippen LogP contribution is -1.99. The number of halogens is 2. The molecule has 0 heterocycles. The smallest absolute Gasteiger partial charge is 0.335 e. The maximum Gasteiger partial charge on any atom is 0.335 e. The van der Waals surface area contributed by atoms with Crippen molar-refractivity contribution in [2.75, 3.05) is 7.11 Å². The fourth-order valence-corrected chi connectivity index (χ4v) is 3.38. The minimum absolute atomic E-state index is 0.151. The van der Waals surface area contributed by atoms with Crippen LogP contribution in [-0.4, -0.2) is 18.2 Å². The Morgan fingerprint density at radius 3 is 2.35 bits per heavy atom. The first kappa shape index (κ1) is 22.4. The van der Waals surface area contributed by atoms with Crippen LogP contribution in [0.5, 0.6) is 11.5 Å². The van der Waals surface area contributed by atoms with Gasteiger partial charge in [-0.05, 0) is 59.2 Å². The van der Waals surface area contributed by atoms with Gasteiger partial charge in [0, 0.05) is 4.47 Å². The summed E-state index contributed by atoms with van der Waals surface area (Å²) in [6.45, 7) is 0.317. The van der Waals surface area contributed by atoms with Crippen LogP contribution in [0, 0.1) is 11.3 Å². The van der Waals surface area contributed by atoms with E-state index in [1.807, 2.05) is 24.3 Å². The highest BCUT2D eigenvalue weighted by molar-refractivity contribution is 9.10. The maximum atomic E-state index is 11.0. The van der Waals surface area contributed by atoms with E-state index < -0.39 is 5.97 Å². The molecular weight excluding hydrogens is 482 g/mol. The first-order chi connectivity index (χ1) is 14.9. The molecule has 0 atom stereocenters. The number of carboxylic acids is 1. The number of methoxy groups -OCH3 is 1. The second-order valence-corrected chi connectivity index (χ2v) is 7.82. The first-order valence-corrected chi connectivity index (χ1v) is 10.3. The Morgan fingerprint density at radius 1 is 1.13 bits per heavy atom. The maximum absolute atomic E-state index is 11.0. The Hall–Kier alpha value is -3.27. The van der Waals surface area contributed by atoms with Crippen LogP contribution in [0.15, 0.2) is 65.1 Å². The summed E-state index contributed by atoms with van der Waals surface area (Å²) in [5, 5.41) is 18.9. The van der Waals surface area contributed by atoms with Crippen LogP contribution in [0.1, 0.15) is 27.0 Å². The van der Waals surface area contributed by atoms with Crippen molar-refractivity contribution in [1.82, 2.24) is 0 Å². The number of hydrogen-bond donors (Lipinski definition) is 1. The minimum atomic E-state index is -1.02. The summed E-state index contributed by atoms with van der Waals surface area (Å²) in [6.07, 6.45) is 1.66. The van der Waals surface area contributed by atoms with Crippen LogP contribution in [0.25, 0.3) is 11.6 Å². The van der Waals surface area contributed by atoms with Gasteiger partial charge in [-0.15, -0.1) is 0 Å². The van der Waals surface area contributed by atoms with E-state index in [1.54, 1.807) is 30.3 Å². The zero-order valence-corrected chi connectivity index (χ0v) is 18.8. The topological polar surface area (TPSA) is 79.5 Å². The zero-order valence-electron chi connectivity index (χ0n) is 16.4. The van der Waals surface area contributed by atoms with Crippen LogP contribution in [0.4, 0.5) is 0 Å². The van der Waals surface area contributed by atoms with Gasteiger partial charge in [-0.1, -0.05) is 51.8 Å². The molecule has 0 spiro atoms. The molecule has 3 aromatic carbocycles. The molecule has 3 aromatic rings. The number of carboxylic acid groups (broad SMARTS) is 1. The van der Waals surface area contributed by atoms with E-state index >= 15 is 0 Å². The molecule has 31 heavy (non-hydrogen) atoms. The van der Waals surface area contributed by atoms with Gasteiger partial charge in [0.05, 0.1) is 29.3 Å². The van der Waals surface area contributed by atoms with Gasteiger partial charge in [-0.3, -0.25) is 0 Å². The molecule has 0 aliphatic carbocycles. The normalized spacial score (nSPS) is 11.0. The molecule has 0 aromatic heterocycles. The lowest BCUT2D eigenvalue weighted by Gasteiger charge is -2.14. The quantitative estimate of drug-likeness (QED) is 0.299. The van der Waals surface area contributed by atoms with Crippen LogP contribution < -0.4 is 9.47 Å². The fraction of sp³-hybridized carbons (Fsp3) is 0.0833. The Labute approximate surface area is 193 Å². The molecule has 1 N–H and O–H groups in total. The zero-order chi connectivity index (χ0) is 22.4. The molecule has 0 amide bonds. The predicted octanol–water partition coefficient (Wildman–Crippen LogP) is 6.45. The monoisotopic (exact) mass is 497 g/mol. The predicted molar refractivity (Wildman–Crippen MR) is 123 cm³/mol. The summed E-state index contributed by atoms with van der Waals surface area (Å²) < 4.78 is 12.3. The number of carbonyl (C=O) groups is 1. The molecule has 0 saturated heterocycles. The summed E-state index contributed by atoms with van der Waals surface area (Å²) in [5.74, 6) is -0.174. The van der Waals surface area contributed by atoms with Crippen molar-refractivity contribution in [1.29, 1.82) is 5.26 Å². The minimum Gasteiger partial charge on any atom is -0.493 e. The second kappa shape index (κ2) is 10.2. The van der Waals surface area contributed by atoms with E-state index in [2.05, 4.69) is 22.0 Å². The van der Waals surface area contributed by atoms with E-state index in [4.69, 9.17) is 26.2 Å². The molecule has 0 bridgehead atoms. The van der Waals surface area contributed by atoms with E-state index in [0.717, 1.165) is 10.0 Å². The van der Waals surface area contributed by atoms with Crippen molar-refractivity contribution in [3.63, 3.8) is 0 Å². The molecule has 0 radical (unpaired) electrons. The molecular formula is C24H17BrClNO4. The Bertz CT molecular complexity index is 1170. The van der Waals surface area contributed by atoms with Crippen molar-refractivity contribution in [2.45, 2.75) is 6.61 Å². The van der Waals surface area contributed by atoms with Gasteiger partial charge in [0.25, 0.3) is 0 Å². The van der Waals surface area contributed by atoms with Gasteiger partial charge in [0.15, 0.2) is 11.5 Å². The van der Waals surface area contributed by atoms with E-state index in [-0.39, 0.29) is 5.56 Å². The molecule has 3 rings (SSSR count). The lowest BCUT2D eigenvalue weighted by atomic mass is 10.0. The standard InChI is InChI=1S/C24H17BrClNO4/c1-30-22-12-16(10-19(13-27)17-4-6-18(7-5-17)24(28)29)11-21(26)23(22)31-14-15-2-8-20(25)9-3-15/h2-12H,14H2,1H3,(H,28,29)/b19-10-. The van der Waals surface area contributed by atoms with Crippen molar-refractivity contribution < 1.29 is 19.4 Å². The number of nitrogens with zero attached hydrogens (tertiary/aromatic N) is 1. The third kappa shape index (κ3) is 5.66.